The Balaban J connectivity index is 1.67. The van der Waals surface area contributed by atoms with Crippen molar-refractivity contribution in [2.45, 2.75) is 10.9 Å². The summed E-state index contributed by atoms with van der Waals surface area (Å²) in [6, 6.07) is 13.6. The molecule has 1 aromatic carbocycles. The van der Waals surface area contributed by atoms with Gasteiger partial charge in [0.2, 0.25) is 0 Å². The van der Waals surface area contributed by atoms with Crippen LogP contribution in [0.5, 0.6) is 0 Å². The average molecular weight is 396 g/mol. The second kappa shape index (κ2) is 7.08. The molecule has 26 heavy (non-hydrogen) atoms. The maximum Gasteiger partial charge on any atom is 0.263 e. The van der Waals surface area contributed by atoms with E-state index in [0.29, 0.717) is 21.9 Å². The van der Waals surface area contributed by atoms with Crippen LogP contribution in [0.3, 0.4) is 0 Å². The van der Waals surface area contributed by atoms with E-state index in [1.165, 1.54) is 23.1 Å². The van der Waals surface area contributed by atoms with Gasteiger partial charge in [0.25, 0.3) is 5.56 Å². The molecule has 0 spiro atoms. The third-order valence-electron chi connectivity index (χ3n) is 4.01. The van der Waals surface area contributed by atoms with Crippen molar-refractivity contribution in [3.8, 4) is 16.5 Å². The highest BCUT2D eigenvalue weighted by Gasteiger charge is 2.16. The van der Waals surface area contributed by atoms with E-state index in [-0.39, 0.29) is 5.56 Å². The summed E-state index contributed by atoms with van der Waals surface area (Å²) >= 11 is 4.66. The maximum atomic E-state index is 12.9. The summed E-state index contributed by atoms with van der Waals surface area (Å²) in [6.45, 7) is 0. The van der Waals surface area contributed by atoms with Gasteiger partial charge >= 0.3 is 0 Å². The first-order valence-corrected chi connectivity index (χ1v) is 10.6. The van der Waals surface area contributed by atoms with Crippen LogP contribution in [-0.4, -0.2) is 9.55 Å². The molecule has 0 atom stereocenters. The number of fused-ring (bicyclic) bond motifs is 1. The van der Waals surface area contributed by atoms with Gasteiger partial charge in [-0.3, -0.25) is 9.36 Å². The van der Waals surface area contributed by atoms with Crippen molar-refractivity contribution in [3.63, 3.8) is 0 Å². The van der Waals surface area contributed by atoms with E-state index >= 15 is 0 Å². The molecule has 4 rings (SSSR count). The molecule has 0 aliphatic carbocycles. The Labute approximate surface area is 162 Å². The fraction of sp³-hybridized carbons (Fsp3) is 0.105. The molecule has 0 aliphatic rings. The molecule has 0 fully saturated rings. The molecule has 0 unspecified atom stereocenters. The summed E-state index contributed by atoms with van der Waals surface area (Å²) in [5.74, 6) is 0.695. The topological polar surface area (TPSA) is 58.7 Å². The molecule has 4 aromatic rings. The van der Waals surface area contributed by atoms with Gasteiger partial charge in [0.1, 0.15) is 4.83 Å². The van der Waals surface area contributed by atoms with Gasteiger partial charge in [-0.15, -0.1) is 22.7 Å². The van der Waals surface area contributed by atoms with Crippen LogP contribution < -0.4 is 5.56 Å². The summed E-state index contributed by atoms with van der Waals surface area (Å²) in [5, 5.41) is 14.3. The largest absolute Gasteiger partial charge is 0.290 e. The molecule has 0 saturated heterocycles. The van der Waals surface area contributed by atoms with Crippen molar-refractivity contribution >= 4 is 44.7 Å². The minimum Gasteiger partial charge on any atom is -0.290 e. The number of nitrogens with zero attached hydrogens (tertiary/aromatic N) is 3. The van der Waals surface area contributed by atoms with Gasteiger partial charge in [-0.05, 0) is 29.1 Å². The molecule has 128 valence electrons. The van der Waals surface area contributed by atoms with Crippen molar-refractivity contribution in [1.29, 1.82) is 5.26 Å². The van der Waals surface area contributed by atoms with Crippen molar-refractivity contribution in [2.24, 2.45) is 7.05 Å². The molecule has 0 N–H and O–H groups in total. The van der Waals surface area contributed by atoms with Crippen LogP contribution in [0.1, 0.15) is 11.1 Å². The standard InChI is InChI=1S/C19H13N3OS3/c1-22-18(23)16-14(15-3-2-8-24-15)11-25-17(16)21-19(22)26-10-13-6-4-12(9-20)5-7-13/h2-8,11H,10H2,1H3. The molecule has 0 bridgehead atoms. The number of hydrogen-bond acceptors (Lipinski definition) is 6. The zero-order chi connectivity index (χ0) is 18.1. The first-order chi connectivity index (χ1) is 12.7. The monoisotopic (exact) mass is 395 g/mol. The molecule has 7 heteroatoms. The number of benzene rings is 1. The molecular weight excluding hydrogens is 382 g/mol. The van der Waals surface area contributed by atoms with Crippen molar-refractivity contribution in [3.05, 3.63) is 68.6 Å². The van der Waals surface area contributed by atoms with E-state index < -0.39 is 0 Å². The predicted molar refractivity (Wildman–Crippen MR) is 109 cm³/mol. The maximum absolute atomic E-state index is 12.9. The molecule has 0 aliphatic heterocycles. The number of rotatable bonds is 4. The minimum absolute atomic E-state index is 0.0121. The van der Waals surface area contributed by atoms with Crippen molar-refractivity contribution in [1.82, 2.24) is 9.55 Å². The number of nitriles is 1. The highest BCUT2D eigenvalue weighted by atomic mass is 32.2. The summed E-state index contributed by atoms with van der Waals surface area (Å²) in [5.41, 5.74) is 2.69. The predicted octanol–water partition coefficient (Wildman–Crippen LogP) is 4.89. The third-order valence-corrected chi connectivity index (χ3v) is 6.89. The van der Waals surface area contributed by atoms with Gasteiger partial charge in [-0.25, -0.2) is 4.98 Å². The lowest BCUT2D eigenvalue weighted by molar-refractivity contribution is 0.728. The van der Waals surface area contributed by atoms with E-state index in [0.717, 1.165) is 20.8 Å². The lowest BCUT2D eigenvalue weighted by Crippen LogP contribution is -2.19. The SMILES string of the molecule is Cn1c(SCc2ccc(C#N)cc2)nc2scc(-c3cccs3)c2c1=O. The van der Waals surface area contributed by atoms with Gasteiger partial charge in [0, 0.05) is 28.6 Å². The Morgan fingerprint density at radius 2 is 2.04 bits per heavy atom. The highest BCUT2D eigenvalue weighted by molar-refractivity contribution is 7.98. The third kappa shape index (κ3) is 3.07. The molecule has 0 saturated carbocycles. The van der Waals surface area contributed by atoms with Crippen molar-refractivity contribution in [2.75, 3.05) is 0 Å². The van der Waals surface area contributed by atoms with E-state index in [9.17, 15) is 4.79 Å². The first kappa shape index (κ1) is 17.0. The van der Waals surface area contributed by atoms with E-state index in [2.05, 4.69) is 6.07 Å². The van der Waals surface area contributed by atoms with Crippen LogP contribution in [0.25, 0.3) is 20.7 Å². The Kier molecular flexibility index (Phi) is 4.64. The summed E-state index contributed by atoms with van der Waals surface area (Å²) in [7, 11) is 1.77. The Morgan fingerprint density at radius 3 is 2.73 bits per heavy atom. The Morgan fingerprint density at radius 1 is 1.23 bits per heavy atom. The summed E-state index contributed by atoms with van der Waals surface area (Å²) in [4.78, 5) is 19.5. The molecule has 0 radical (unpaired) electrons. The molecule has 3 heterocycles. The van der Waals surface area contributed by atoms with Gasteiger partial charge in [0.15, 0.2) is 5.16 Å². The zero-order valence-electron chi connectivity index (χ0n) is 13.8. The van der Waals surface area contributed by atoms with Crippen LogP contribution in [0.2, 0.25) is 0 Å². The Bertz CT molecular complexity index is 1170. The number of thiophene rings is 2. The molecule has 3 aromatic heterocycles. The molecule has 4 nitrogen and oxygen atoms in total. The first-order valence-electron chi connectivity index (χ1n) is 7.81. The van der Waals surface area contributed by atoms with E-state index in [1.807, 2.05) is 35.0 Å². The highest BCUT2D eigenvalue weighted by Crippen LogP contribution is 2.34. The molecular formula is C19H13N3OS3. The van der Waals surface area contributed by atoms with Gasteiger partial charge in [-0.2, -0.15) is 5.26 Å². The van der Waals surface area contributed by atoms with E-state index in [1.54, 1.807) is 35.1 Å². The van der Waals surface area contributed by atoms with Gasteiger partial charge < -0.3 is 0 Å². The number of aromatic nitrogens is 2. The number of thioether (sulfide) groups is 1. The number of hydrogen-bond donors (Lipinski definition) is 0. The van der Waals surface area contributed by atoms with Crippen LogP contribution in [0, 0.1) is 11.3 Å². The second-order valence-corrected chi connectivity index (χ2v) is 8.41. The lowest BCUT2D eigenvalue weighted by atomic mass is 10.2. The van der Waals surface area contributed by atoms with Crippen LogP contribution in [-0.2, 0) is 12.8 Å². The van der Waals surface area contributed by atoms with Crippen molar-refractivity contribution < 1.29 is 0 Å². The van der Waals surface area contributed by atoms with E-state index in [4.69, 9.17) is 10.2 Å². The average Bonchev–Trinajstić information content (AvgIpc) is 3.33. The summed E-state index contributed by atoms with van der Waals surface area (Å²) in [6.07, 6.45) is 0. The Hall–Kier alpha value is -2.40. The van der Waals surface area contributed by atoms with Crippen LogP contribution >= 0.6 is 34.4 Å². The fourth-order valence-corrected chi connectivity index (χ4v) is 5.35. The second-order valence-electron chi connectivity index (χ2n) is 5.66. The normalized spacial score (nSPS) is 10.9. The zero-order valence-corrected chi connectivity index (χ0v) is 16.3. The minimum atomic E-state index is -0.0121. The van der Waals surface area contributed by atoms with Gasteiger partial charge in [-0.1, -0.05) is 30.0 Å². The van der Waals surface area contributed by atoms with Crippen LogP contribution in [0.4, 0.5) is 0 Å². The molecule has 0 amide bonds. The quantitative estimate of drug-likeness (QED) is 0.365. The van der Waals surface area contributed by atoms with Crippen LogP contribution in [0.15, 0.2) is 57.1 Å². The smallest absolute Gasteiger partial charge is 0.263 e. The van der Waals surface area contributed by atoms with Gasteiger partial charge in [0.05, 0.1) is 17.0 Å². The summed E-state index contributed by atoms with van der Waals surface area (Å²) < 4.78 is 1.63. The fourth-order valence-electron chi connectivity index (χ4n) is 2.62. The lowest BCUT2D eigenvalue weighted by Gasteiger charge is -2.07.